The Morgan fingerprint density at radius 2 is 2.00 bits per heavy atom. The molecular formula is C20H29ClN4O2. The number of halogens is 1. The van der Waals surface area contributed by atoms with E-state index in [1.54, 1.807) is 23.8 Å². The second-order valence-corrected chi connectivity index (χ2v) is 8.04. The number of aromatic nitrogens is 1. The standard InChI is InChI=1S/C20H29ClN4O2/c21-18-12-16(6-7-19(26)24-27)13-22-20(18)23-17-8-10-25(11-9-17)14-15-4-2-1-3-5-15/h6-7,12-13,15,17,27H,1-5,8-11,14H2,(H,22,23)(H,24,26)/b7-6+. The molecule has 0 atom stereocenters. The molecule has 1 saturated heterocycles. The lowest BCUT2D eigenvalue weighted by Crippen LogP contribution is -2.41. The summed E-state index contributed by atoms with van der Waals surface area (Å²) in [5.74, 6) is 0.993. The Morgan fingerprint density at radius 1 is 1.26 bits per heavy atom. The third-order valence-electron chi connectivity index (χ3n) is 5.57. The first-order valence-electron chi connectivity index (χ1n) is 9.90. The second-order valence-electron chi connectivity index (χ2n) is 7.63. The molecule has 2 aliphatic rings. The van der Waals surface area contributed by atoms with Gasteiger partial charge in [0.05, 0.1) is 5.02 Å². The number of pyridine rings is 1. The van der Waals surface area contributed by atoms with E-state index in [9.17, 15) is 4.79 Å². The van der Waals surface area contributed by atoms with Gasteiger partial charge in [0.25, 0.3) is 5.91 Å². The van der Waals surface area contributed by atoms with Crippen LogP contribution < -0.4 is 10.8 Å². The van der Waals surface area contributed by atoms with Crippen molar-refractivity contribution in [1.29, 1.82) is 0 Å². The molecule has 1 aromatic rings. The third kappa shape index (κ3) is 6.19. The number of hydrogen-bond acceptors (Lipinski definition) is 5. The molecule has 0 spiro atoms. The van der Waals surface area contributed by atoms with Gasteiger partial charge in [0, 0.05) is 37.9 Å². The molecular weight excluding hydrogens is 364 g/mol. The second kappa shape index (κ2) is 10.1. The van der Waals surface area contributed by atoms with Gasteiger partial charge < -0.3 is 10.2 Å². The maximum absolute atomic E-state index is 11.0. The van der Waals surface area contributed by atoms with Crippen LogP contribution >= 0.6 is 11.6 Å². The molecule has 148 valence electrons. The summed E-state index contributed by atoms with van der Waals surface area (Å²) in [5.41, 5.74) is 2.25. The lowest BCUT2D eigenvalue weighted by molar-refractivity contribution is -0.124. The van der Waals surface area contributed by atoms with Crippen molar-refractivity contribution in [1.82, 2.24) is 15.4 Å². The molecule has 2 fully saturated rings. The number of carbonyl (C=O) groups is 1. The van der Waals surface area contributed by atoms with Gasteiger partial charge in [-0.25, -0.2) is 10.5 Å². The number of nitrogens with zero attached hydrogens (tertiary/aromatic N) is 2. The molecule has 1 saturated carbocycles. The Bertz CT molecular complexity index is 653. The van der Waals surface area contributed by atoms with Gasteiger partial charge >= 0.3 is 0 Å². The van der Waals surface area contributed by atoms with Crippen LogP contribution in [-0.4, -0.2) is 46.7 Å². The zero-order valence-corrected chi connectivity index (χ0v) is 16.4. The number of hydrogen-bond donors (Lipinski definition) is 3. The van der Waals surface area contributed by atoms with Gasteiger partial charge in [-0.3, -0.25) is 10.0 Å². The Labute approximate surface area is 165 Å². The number of amides is 1. The van der Waals surface area contributed by atoms with E-state index in [-0.39, 0.29) is 0 Å². The molecule has 2 heterocycles. The van der Waals surface area contributed by atoms with Gasteiger partial charge in [-0.2, -0.15) is 0 Å². The fourth-order valence-electron chi connectivity index (χ4n) is 4.05. The highest BCUT2D eigenvalue weighted by Gasteiger charge is 2.23. The number of carbonyl (C=O) groups excluding carboxylic acids is 1. The average molecular weight is 393 g/mol. The summed E-state index contributed by atoms with van der Waals surface area (Å²) in [5, 5.41) is 12.5. The molecule has 1 amide bonds. The maximum atomic E-state index is 11.0. The summed E-state index contributed by atoms with van der Waals surface area (Å²) >= 11 is 6.34. The highest BCUT2D eigenvalue weighted by Crippen LogP contribution is 2.27. The van der Waals surface area contributed by atoms with Crippen molar-refractivity contribution in [3.8, 4) is 0 Å². The van der Waals surface area contributed by atoms with Crippen molar-refractivity contribution in [2.75, 3.05) is 25.0 Å². The minimum absolute atomic E-state index is 0.388. The Hall–Kier alpha value is -1.63. The SMILES string of the molecule is O=C(/C=C/c1cnc(NC2CCN(CC3CCCCC3)CC2)c(Cl)c1)NO. The van der Waals surface area contributed by atoms with Crippen LogP contribution in [0.4, 0.5) is 5.82 Å². The predicted molar refractivity (Wildman–Crippen MR) is 108 cm³/mol. The monoisotopic (exact) mass is 392 g/mol. The van der Waals surface area contributed by atoms with Crippen molar-refractivity contribution in [2.24, 2.45) is 5.92 Å². The number of rotatable bonds is 6. The van der Waals surface area contributed by atoms with E-state index in [0.29, 0.717) is 22.4 Å². The fraction of sp³-hybridized carbons (Fsp3) is 0.600. The van der Waals surface area contributed by atoms with E-state index in [1.165, 1.54) is 44.7 Å². The van der Waals surface area contributed by atoms with Crippen molar-refractivity contribution in [2.45, 2.75) is 51.0 Å². The van der Waals surface area contributed by atoms with E-state index >= 15 is 0 Å². The summed E-state index contributed by atoms with van der Waals surface area (Å²) in [6, 6.07) is 2.15. The van der Waals surface area contributed by atoms with Gasteiger partial charge in [-0.1, -0.05) is 30.9 Å². The number of piperidine rings is 1. The Kier molecular flexibility index (Phi) is 7.50. The molecule has 7 heteroatoms. The van der Waals surface area contributed by atoms with Crippen LogP contribution in [0.5, 0.6) is 0 Å². The molecule has 0 unspecified atom stereocenters. The van der Waals surface area contributed by atoms with Gasteiger partial charge in [0.15, 0.2) is 0 Å². The van der Waals surface area contributed by atoms with Crippen LogP contribution in [0, 0.1) is 5.92 Å². The minimum atomic E-state index is -0.590. The van der Waals surface area contributed by atoms with Crippen molar-refractivity contribution >= 4 is 29.4 Å². The van der Waals surface area contributed by atoms with E-state index in [2.05, 4.69) is 15.2 Å². The molecule has 3 rings (SSSR count). The van der Waals surface area contributed by atoms with E-state index in [1.807, 2.05) is 0 Å². The average Bonchev–Trinajstić information content (AvgIpc) is 2.70. The number of anilines is 1. The quantitative estimate of drug-likeness (QED) is 0.391. The normalized spacial score (nSPS) is 20.1. The highest BCUT2D eigenvalue weighted by atomic mass is 35.5. The zero-order valence-electron chi connectivity index (χ0n) is 15.7. The van der Waals surface area contributed by atoms with Gasteiger partial charge in [0.2, 0.25) is 0 Å². The lowest BCUT2D eigenvalue weighted by atomic mass is 9.88. The van der Waals surface area contributed by atoms with Crippen LogP contribution in [0.1, 0.15) is 50.5 Å². The molecule has 0 radical (unpaired) electrons. The summed E-state index contributed by atoms with van der Waals surface area (Å²) in [6.45, 7) is 3.51. The molecule has 0 bridgehead atoms. The first-order chi connectivity index (χ1) is 13.1. The van der Waals surface area contributed by atoms with E-state index < -0.39 is 5.91 Å². The molecule has 1 aliphatic carbocycles. The minimum Gasteiger partial charge on any atom is -0.366 e. The number of likely N-dealkylation sites (tertiary alicyclic amines) is 1. The maximum Gasteiger partial charge on any atom is 0.267 e. The summed E-state index contributed by atoms with van der Waals surface area (Å²) in [6.07, 6.45) is 13.7. The first-order valence-corrected chi connectivity index (χ1v) is 10.3. The summed E-state index contributed by atoms with van der Waals surface area (Å²) in [7, 11) is 0. The summed E-state index contributed by atoms with van der Waals surface area (Å²) in [4.78, 5) is 18.0. The molecule has 1 aliphatic heterocycles. The van der Waals surface area contributed by atoms with Crippen LogP contribution in [0.3, 0.4) is 0 Å². The fourth-order valence-corrected chi connectivity index (χ4v) is 4.28. The van der Waals surface area contributed by atoms with E-state index in [0.717, 1.165) is 31.8 Å². The van der Waals surface area contributed by atoms with Crippen LogP contribution in [0.2, 0.25) is 5.02 Å². The van der Waals surface area contributed by atoms with Crippen molar-refractivity contribution < 1.29 is 10.0 Å². The smallest absolute Gasteiger partial charge is 0.267 e. The largest absolute Gasteiger partial charge is 0.366 e. The summed E-state index contributed by atoms with van der Waals surface area (Å²) < 4.78 is 0. The van der Waals surface area contributed by atoms with Crippen molar-refractivity contribution in [3.05, 3.63) is 28.9 Å². The third-order valence-corrected chi connectivity index (χ3v) is 5.86. The van der Waals surface area contributed by atoms with Crippen molar-refractivity contribution in [3.63, 3.8) is 0 Å². The topological polar surface area (TPSA) is 77.5 Å². The molecule has 27 heavy (non-hydrogen) atoms. The predicted octanol–water partition coefficient (Wildman–Crippen LogP) is 3.71. The molecule has 0 aromatic carbocycles. The van der Waals surface area contributed by atoms with Crippen LogP contribution in [0.25, 0.3) is 6.08 Å². The van der Waals surface area contributed by atoms with Crippen LogP contribution in [-0.2, 0) is 4.79 Å². The molecule has 3 N–H and O–H groups in total. The van der Waals surface area contributed by atoms with Gasteiger partial charge in [0.1, 0.15) is 5.82 Å². The van der Waals surface area contributed by atoms with Gasteiger partial charge in [-0.05, 0) is 49.3 Å². The molecule has 6 nitrogen and oxygen atoms in total. The van der Waals surface area contributed by atoms with E-state index in [4.69, 9.17) is 16.8 Å². The Morgan fingerprint density at radius 3 is 2.67 bits per heavy atom. The molecule has 1 aromatic heterocycles. The lowest BCUT2D eigenvalue weighted by Gasteiger charge is -2.35. The zero-order chi connectivity index (χ0) is 19.1. The van der Waals surface area contributed by atoms with Gasteiger partial charge in [-0.15, -0.1) is 0 Å². The highest BCUT2D eigenvalue weighted by molar-refractivity contribution is 6.33. The van der Waals surface area contributed by atoms with Crippen LogP contribution in [0.15, 0.2) is 18.3 Å². The number of hydroxylamine groups is 1. The first kappa shape index (κ1) is 20.1. The Balaban J connectivity index is 1.47. The number of nitrogens with one attached hydrogen (secondary N) is 2.